The van der Waals surface area contributed by atoms with E-state index in [1.54, 1.807) is 6.92 Å². The van der Waals surface area contributed by atoms with E-state index in [9.17, 15) is 5.11 Å². The van der Waals surface area contributed by atoms with Crippen molar-refractivity contribution in [3.05, 3.63) is 74.9 Å². The maximum absolute atomic E-state index is 10.4. The smallest absolute Gasteiger partial charge is 0.657 e. The van der Waals surface area contributed by atoms with Crippen molar-refractivity contribution in [1.29, 1.82) is 0 Å². The molecule has 0 radical (unpaired) electrons. The molecule has 0 fully saturated rings. The van der Waals surface area contributed by atoms with E-state index in [-0.39, 0.29) is 16.5 Å². The molecule has 3 aromatic heterocycles. The molecule has 8 bridgehead atoms. The predicted molar refractivity (Wildman–Crippen MR) is 192 cm³/mol. The van der Waals surface area contributed by atoms with Crippen LogP contribution in [-0.2, 0) is 42.2 Å². The van der Waals surface area contributed by atoms with E-state index in [1.807, 2.05) is 6.08 Å². The number of aromatic nitrogens is 4. The number of aliphatic hydroxyl groups is 1. The van der Waals surface area contributed by atoms with Crippen molar-refractivity contribution in [2.24, 2.45) is 0 Å². The summed E-state index contributed by atoms with van der Waals surface area (Å²) in [5.41, 5.74) is 19.2. The summed E-state index contributed by atoms with van der Waals surface area (Å²) >= 11 is 0. The quantitative estimate of drug-likeness (QED) is 0.219. The molecule has 5 nitrogen and oxygen atoms in total. The van der Waals surface area contributed by atoms with E-state index in [0.29, 0.717) is 0 Å². The van der Waals surface area contributed by atoms with E-state index < -0.39 is 6.10 Å². The molecule has 6 heteroatoms. The Kier molecular flexibility index (Phi) is 11.7. The molecule has 0 saturated carbocycles. The third kappa shape index (κ3) is 6.23. The third-order valence-corrected chi connectivity index (χ3v) is 9.53. The fraction of sp³-hybridized carbons (Fsp3) is 0.450. The van der Waals surface area contributed by atoms with Crippen LogP contribution in [0.1, 0.15) is 139 Å². The average molecular weight is 662 g/mol. The van der Waals surface area contributed by atoms with Crippen molar-refractivity contribution in [3.63, 3.8) is 0 Å². The summed E-state index contributed by atoms with van der Waals surface area (Å²) in [6.45, 7) is 19.6. The second-order valence-electron chi connectivity index (χ2n) is 12.1. The van der Waals surface area contributed by atoms with Gasteiger partial charge in [-0.25, -0.2) is 9.97 Å². The minimum Gasteiger partial charge on any atom is -0.657 e. The van der Waals surface area contributed by atoms with Gasteiger partial charge in [-0.05, 0) is 86.6 Å². The van der Waals surface area contributed by atoms with Gasteiger partial charge in [0.25, 0.3) is 0 Å². The van der Waals surface area contributed by atoms with Gasteiger partial charge in [-0.2, -0.15) is 0 Å². The van der Waals surface area contributed by atoms with Gasteiger partial charge in [0.1, 0.15) is 0 Å². The van der Waals surface area contributed by atoms with Gasteiger partial charge in [-0.15, -0.1) is 22.1 Å². The molecular weight excluding hydrogens is 611 g/mol. The van der Waals surface area contributed by atoms with Crippen LogP contribution in [0.2, 0.25) is 0 Å². The van der Waals surface area contributed by atoms with Gasteiger partial charge < -0.3 is 15.1 Å². The molecule has 5 rings (SSSR count). The SMILES string of the molecule is CCC1=C(CC)c2cc3[n-]c(c(CC)c3CC)c(/C=C/C(C)O)c3[n-]c(cc4nc(cc1n2)C(CC)=C4CC)c(CC)c3CC.[Ni+2]. The largest absolute Gasteiger partial charge is 2.00 e. The summed E-state index contributed by atoms with van der Waals surface area (Å²) in [6, 6.07) is 6.67. The molecule has 0 saturated heterocycles. The fourth-order valence-corrected chi connectivity index (χ4v) is 7.44. The first-order valence-electron chi connectivity index (χ1n) is 17.3. The molecule has 0 amide bonds. The van der Waals surface area contributed by atoms with Crippen LogP contribution in [0.5, 0.6) is 0 Å². The summed E-state index contributed by atoms with van der Waals surface area (Å²) in [5, 5.41) is 10.4. The summed E-state index contributed by atoms with van der Waals surface area (Å²) in [7, 11) is 0. The number of allylic oxidation sites excluding steroid dienone is 4. The second kappa shape index (κ2) is 15.1. The first-order chi connectivity index (χ1) is 21.8. The van der Waals surface area contributed by atoms with Gasteiger partial charge >= 0.3 is 16.5 Å². The van der Waals surface area contributed by atoms with E-state index >= 15 is 0 Å². The number of aliphatic hydroxyl groups excluding tert-OH is 1. The average Bonchev–Trinajstić information content (AvgIpc) is 3.76. The zero-order valence-corrected chi connectivity index (χ0v) is 30.2. The Morgan fingerprint density at radius 2 is 0.913 bits per heavy atom. The number of fused-ring (bicyclic) bond motifs is 8. The van der Waals surface area contributed by atoms with E-state index in [4.69, 9.17) is 19.9 Å². The molecule has 0 aliphatic carbocycles. The minimum absolute atomic E-state index is 0. The zero-order chi connectivity index (χ0) is 32.4. The van der Waals surface area contributed by atoms with Gasteiger partial charge in [0.15, 0.2) is 0 Å². The Hall–Kier alpha value is -3.21. The molecule has 246 valence electrons. The van der Waals surface area contributed by atoms with Crippen LogP contribution in [0.25, 0.3) is 50.4 Å². The molecule has 3 aromatic rings. The van der Waals surface area contributed by atoms with Crippen molar-refractivity contribution in [1.82, 2.24) is 19.9 Å². The molecular formula is C40H50N4NiO. The van der Waals surface area contributed by atoms with Crippen LogP contribution in [0, 0.1) is 0 Å². The zero-order valence-electron chi connectivity index (χ0n) is 29.2. The molecule has 2 aliphatic heterocycles. The Morgan fingerprint density at radius 1 is 0.565 bits per heavy atom. The standard InChI is InChI=1S/C40H50N4O.Ni/c1-10-24-26(12-3)35-21-37-28(14-5)30(16-7)39(43-37)32(19-18-23(9)45)40-31(17-8)29(15-6)38(44-40)22-36-27(13-4)25(11-2)34(42-36)20-33(24)41-35;/h18-23,45H,10-17H2,1-9H3;/q-2;+2/b19-18+,33-20?,34-20?,35-21?,36-22?,37-21?,38-22?,39-32?,40-32?;. The number of rotatable bonds is 10. The van der Waals surface area contributed by atoms with Crippen LogP contribution in [0.3, 0.4) is 0 Å². The third-order valence-electron chi connectivity index (χ3n) is 9.53. The fourth-order valence-electron chi connectivity index (χ4n) is 7.44. The van der Waals surface area contributed by atoms with Gasteiger partial charge in [0.05, 0.1) is 28.9 Å². The summed E-state index contributed by atoms with van der Waals surface area (Å²) < 4.78 is 0. The Bertz CT molecular complexity index is 1740. The summed E-state index contributed by atoms with van der Waals surface area (Å²) in [5.74, 6) is 0. The molecule has 1 unspecified atom stereocenters. The molecule has 5 heterocycles. The Morgan fingerprint density at radius 3 is 1.22 bits per heavy atom. The maximum atomic E-state index is 10.4. The minimum atomic E-state index is -0.583. The van der Waals surface area contributed by atoms with Crippen molar-refractivity contribution in [3.8, 4) is 0 Å². The van der Waals surface area contributed by atoms with Crippen LogP contribution in [-0.4, -0.2) is 21.2 Å². The van der Waals surface area contributed by atoms with Crippen LogP contribution in [0.15, 0.2) is 24.3 Å². The monoisotopic (exact) mass is 660 g/mol. The molecule has 1 atom stereocenters. The predicted octanol–water partition coefficient (Wildman–Crippen LogP) is 9.68. The van der Waals surface area contributed by atoms with Crippen molar-refractivity contribution in [2.75, 3.05) is 0 Å². The van der Waals surface area contributed by atoms with Gasteiger partial charge in [0, 0.05) is 0 Å². The Labute approximate surface area is 285 Å². The molecule has 0 aromatic carbocycles. The summed E-state index contributed by atoms with van der Waals surface area (Å²) in [6.07, 6.45) is 10.5. The maximum Gasteiger partial charge on any atom is 2.00 e. The molecule has 1 N–H and O–H groups in total. The molecule has 2 aliphatic rings. The van der Waals surface area contributed by atoms with Gasteiger partial charge in [0.2, 0.25) is 0 Å². The molecule has 46 heavy (non-hydrogen) atoms. The normalized spacial score (nSPS) is 14.0. The number of hydrogen-bond acceptors (Lipinski definition) is 3. The van der Waals surface area contributed by atoms with Crippen molar-refractivity contribution >= 4 is 50.4 Å². The van der Waals surface area contributed by atoms with Crippen LogP contribution < -0.4 is 9.97 Å². The Balaban J connectivity index is 0.00000480. The molecule has 0 spiro atoms. The van der Waals surface area contributed by atoms with Crippen molar-refractivity contribution < 1.29 is 21.6 Å². The van der Waals surface area contributed by atoms with Gasteiger partial charge in [-0.3, -0.25) is 0 Å². The van der Waals surface area contributed by atoms with Crippen LogP contribution >= 0.6 is 0 Å². The van der Waals surface area contributed by atoms with E-state index in [2.05, 4.69) is 79.7 Å². The van der Waals surface area contributed by atoms with Crippen molar-refractivity contribution in [2.45, 2.75) is 120 Å². The number of aryl methyl sites for hydroxylation is 4. The summed E-state index contributed by atoms with van der Waals surface area (Å²) in [4.78, 5) is 21.4. The van der Waals surface area contributed by atoms with Crippen LogP contribution in [0.4, 0.5) is 0 Å². The second-order valence-corrected chi connectivity index (χ2v) is 12.1. The van der Waals surface area contributed by atoms with E-state index in [1.165, 1.54) is 44.5 Å². The topological polar surface area (TPSA) is 74.2 Å². The van der Waals surface area contributed by atoms with Gasteiger partial charge in [-0.1, -0.05) is 107 Å². The first kappa shape index (κ1) is 35.6. The van der Waals surface area contributed by atoms with E-state index in [0.717, 1.165) is 102 Å². The first-order valence-corrected chi connectivity index (χ1v) is 17.3. The number of nitrogens with zero attached hydrogens (tertiary/aromatic N) is 4. The number of hydrogen-bond donors (Lipinski definition) is 1.